The maximum absolute atomic E-state index is 5.43. The van der Waals surface area contributed by atoms with E-state index in [9.17, 15) is 0 Å². The summed E-state index contributed by atoms with van der Waals surface area (Å²) in [6, 6.07) is 0. The summed E-state index contributed by atoms with van der Waals surface area (Å²) in [5.41, 5.74) is 7.13. The third-order valence-corrected chi connectivity index (χ3v) is 4.03. The molecule has 2 heterocycles. The maximum Gasteiger partial charge on any atom is 0.380 e. The molecule has 0 amide bonds. The van der Waals surface area contributed by atoms with Crippen LogP contribution in [0.3, 0.4) is 0 Å². The smallest absolute Gasteiger partial charge is 0.379 e. The van der Waals surface area contributed by atoms with Gasteiger partial charge < -0.3 is 9.47 Å². The molecule has 0 unspecified atom stereocenters. The van der Waals surface area contributed by atoms with Crippen molar-refractivity contribution in [2.45, 2.75) is 26.7 Å². The summed E-state index contributed by atoms with van der Waals surface area (Å²) in [5.74, 6) is 1.08. The lowest BCUT2D eigenvalue weighted by Gasteiger charge is -2.29. The number of ether oxygens (including phenoxy) is 2. The second-order valence-corrected chi connectivity index (χ2v) is 5.70. The highest BCUT2D eigenvalue weighted by Crippen LogP contribution is 1.96. The van der Waals surface area contributed by atoms with E-state index >= 15 is 0 Å². The normalized spacial score (nSPS) is 20.6. The summed E-state index contributed by atoms with van der Waals surface area (Å²) in [6.45, 7) is 13.3. The van der Waals surface area contributed by atoms with Crippen molar-refractivity contribution >= 4 is 5.96 Å². The molecule has 2 aliphatic heterocycles. The van der Waals surface area contributed by atoms with Crippen LogP contribution in [0.2, 0.25) is 0 Å². The van der Waals surface area contributed by atoms with Gasteiger partial charge in [0.25, 0.3) is 0 Å². The van der Waals surface area contributed by atoms with Crippen LogP contribution >= 0.6 is 0 Å². The van der Waals surface area contributed by atoms with E-state index in [1.165, 1.54) is 12.8 Å². The number of rotatable bonds is 6. The molecule has 0 aromatic rings. The summed E-state index contributed by atoms with van der Waals surface area (Å²) >= 11 is 0. The van der Waals surface area contributed by atoms with Gasteiger partial charge in [0.2, 0.25) is 0 Å². The molecule has 7 heteroatoms. The number of morpholine rings is 2. The molecule has 22 heavy (non-hydrogen) atoms. The molecule has 2 fully saturated rings. The number of hydrazine groups is 2. The van der Waals surface area contributed by atoms with Crippen molar-refractivity contribution in [1.82, 2.24) is 20.9 Å². The Morgan fingerprint density at radius 1 is 0.909 bits per heavy atom. The highest BCUT2D eigenvalue weighted by Gasteiger charge is 2.23. The predicted octanol–water partition coefficient (Wildman–Crippen LogP) is -0.151. The van der Waals surface area contributed by atoms with E-state index in [0.29, 0.717) is 0 Å². The number of guanidine groups is 1. The van der Waals surface area contributed by atoms with E-state index in [-0.39, 0.29) is 0 Å². The first kappa shape index (κ1) is 17.5. The Morgan fingerprint density at radius 2 is 1.41 bits per heavy atom. The molecule has 2 aliphatic rings. The molecule has 0 bridgehead atoms. The largest absolute Gasteiger partial charge is 0.380 e. The van der Waals surface area contributed by atoms with Crippen LogP contribution in [0, 0.1) is 0 Å². The van der Waals surface area contributed by atoms with Crippen LogP contribution in [-0.2, 0) is 9.47 Å². The van der Waals surface area contributed by atoms with E-state index in [4.69, 9.17) is 9.47 Å². The molecular weight excluding hydrogens is 282 g/mol. The van der Waals surface area contributed by atoms with Gasteiger partial charge in [-0.25, -0.2) is 10.9 Å². The summed E-state index contributed by atoms with van der Waals surface area (Å²) < 4.78 is 13.2. The minimum atomic E-state index is 0.791. The molecule has 2 saturated heterocycles. The van der Waals surface area contributed by atoms with E-state index in [0.717, 1.165) is 71.7 Å². The number of hydrogen-bond donors (Lipinski definition) is 2. The Hall–Kier alpha value is -0.890. The number of nitrogens with zero attached hydrogens (tertiary/aromatic N) is 3. The van der Waals surface area contributed by atoms with Crippen molar-refractivity contribution in [3.8, 4) is 0 Å². The van der Waals surface area contributed by atoms with Gasteiger partial charge in [0.15, 0.2) is 0 Å². The van der Waals surface area contributed by atoms with E-state index in [1.807, 2.05) is 0 Å². The van der Waals surface area contributed by atoms with Gasteiger partial charge in [-0.2, -0.15) is 10.0 Å². The van der Waals surface area contributed by atoms with Gasteiger partial charge >= 0.3 is 5.96 Å². The summed E-state index contributed by atoms with van der Waals surface area (Å²) in [5, 5.41) is 4.47. The fourth-order valence-corrected chi connectivity index (χ4v) is 2.59. The molecule has 7 nitrogen and oxygen atoms in total. The first-order valence-electron chi connectivity index (χ1n) is 8.64. The molecule has 0 saturated carbocycles. The predicted molar refractivity (Wildman–Crippen MR) is 86.6 cm³/mol. The first-order chi connectivity index (χ1) is 10.8. The SMILES string of the molecule is CCCC[N+](CC)=C(NN1CCOCC1)NN1CCOCC1. The van der Waals surface area contributed by atoms with Crippen LogP contribution in [0.15, 0.2) is 0 Å². The Bertz CT molecular complexity index is 317. The van der Waals surface area contributed by atoms with Crippen molar-refractivity contribution in [1.29, 1.82) is 0 Å². The highest BCUT2D eigenvalue weighted by molar-refractivity contribution is 5.73. The standard InChI is InChI=1S/C15H31N5O2/c1-3-5-6-18(4-2)15(16-19-7-11-21-12-8-19)17-20-9-13-22-14-10-20/h3-14H2,1-2H3,(H,16,17)/p+1. The quantitative estimate of drug-likeness (QED) is 0.404. The minimum absolute atomic E-state index is 0.791. The molecule has 0 aromatic heterocycles. The van der Waals surface area contributed by atoms with E-state index in [2.05, 4.69) is 39.3 Å². The lowest BCUT2D eigenvalue weighted by Crippen LogP contribution is -2.60. The van der Waals surface area contributed by atoms with Gasteiger partial charge in [0.05, 0.1) is 65.7 Å². The molecule has 128 valence electrons. The zero-order valence-electron chi connectivity index (χ0n) is 14.1. The average molecular weight is 314 g/mol. The van der Waals surface area contributed by atoms with E-state index < -0.39 is 0 Å². The van der Waals surface area contributed by atoms with Gasteiger partial charge in [0, 0.05) is 0 Å². The van der Waals surface area contributed by atoms with Crippen LogP contribution in [-0.4, -0.2) is 86.2 Å². The van der Waals surface area contributed by atoms with Crippen molar-refractivity contribution in [2.24, 2.45) is 0 Å². The Kier molecular flexibility index (Phi) is 7.93. The molecular formula is C15H32N5O2+. The van der Waals surface area contributed by atoms with E-state index in [1.54, 1.807) is 0 Å². The van der Waals surface area contributed by atoms with Crippen LogP contribution < -0.4 is 10.9 Å². The maximum atomic E-state index is 5.43. The van der Waals surface area contributed by atoms with Gasteiger partial charge in [0.1, 0.15) is 0 Å². The summed E-state index contributed by atoms with van der Waals surface area (Å²) in [4.78, 5) is 0. The second-order valence-electron chi connectivity index (χ2n) is 5.70. The third kappa shape index (κ3) is 5.72. The molecule has 0 aliphatic carbocycles. The van der Waals surface area contributed by atoms with Gasteiger partial charge in [-0.05, 0) is 13.3 Å². The monoisotopic (exact) mass is 314 g/mol. The van der Waals surface area contributed by atoms with Crippen LogP contribution in [0.4, 0.5) is 0 Å². The fourth-order valence-electron chi connectivity index (χ4n) is 2.59. The third-order valence-electron chi connectivity index (χ3n) is 4.03. The molecule has 0 radical (unpaired) electrons. The average Bonchev–Trinajstić information content (AvgIpc) is 2.57. The van der Waals surface area contributed by atoms with Gasteiger partial charge in [-0.15, -0.1) is 0 Å². The topological polar surface area (TPSA) is 52.0 Å². The van der Waals surface area contributed by atoms with Crippen LogP contribution in [0.1, 0.15) is 26.7 Å². The zero-order valence-corrected chi connectivity index (χ0v) is 14.1. The lowest BCUT2D eigenvalue weighted by molar-refractivity contribution is -0.530. The Morgan fingerprint density at radius 3 is 1.82 bits per heavy atom. The van der Waals surface area contributed by atoms with Crippen molar-refractivity contribution in [3.63, 3.8) is 0 Å². The molecule has 0 spiro atoms. The lowest BCUT2D eigenvalue weighted by atomic mass is 10.3. The summed E-state index contributed by atoms with van der Waals surface area (Å²) in [7, 11) is 0. The summed E-state index contributed by atoms with van der Waals surface area (Å²) in [6.07, 6.45) is 2.41. The molecule has 2 N–H and O–H groups in total. The second kappa shape index (κ2) is 9.99. The highest BCUT2D eigenvalue weighted by atomic mass is 16.5. The van der Waals surface area contributed by atoms with Crippen LogP contribution in [0.25, 0.3) is 0 Å². The fraction of sp³-hybridized carbons (Fsp3) is 0.933. The number of hydrogen-bond acceptors (Lipinski definition) is 4. The van der Waals surface area contributed by atoms with Gasteiger partial charge in [-0.1, -0.05) is 13.3 Å². The van der Waals surface area contributed by atoms with Crippen molar-refractivity contribution < 1.29 is 14.0 Å². The Balaban J connectivity index is 2.01. The molecule has 2 rings (SSSR count). The Labute approximate surface area is 134 Å². The van der Waals surface area contributed by atoms with Crippen molar-refractivity contribution in [2.75, 3.05) is 65.7 Å². The zero-order chi connectivity index (χ0) is 15.6. The number of nitrogens with one attached hydrogen (secondary N) is 2. The van der Waals surface area contributed by atoms with Gasteiger partial charge in [-0.3, -0.25) is 4.58 Å². The van der Waals surface area contributed by atoms with Crippen LogP contribution in [0.5, 0.6) is 0 Å². The first-order valence-corrected chi connectivity index (χ1v) is 8.64. The minimum Gasteiger partial charge on any atom is -0.379 e. The number of unbranched alkanes of at least 4 members (excludes halogenated alkanes) is 1. The molecule has 0 aromatic carbocycles. The van der Waals surface area contributed by atoms with Crippen molar-refractivity contribution in [3.05, 3.63) is 0 Å². The molecule has 0 atom stereocenters.